The van der Waals surface area contributed by atoms with Gasteiger partial charge in [0.05, 0.1) is 0 Å². The van der Waals surface area contributed by atoms with Crippen LogP contribution in [-0.2, 0) is 4.79 Å². The summed E-state index contributed by atoms with van der Waals surface area (Å²) in [5, 5.41) is 0. The standard InChI is InChI=1S/C5H3F6NO/c6-4(7,8)1-2(3(12)13)5(9,10)11/h1H,(H2,12,13). The summed E-state index contributed by atoms with van der Waals surface area (Å²) in [6.45, 7) is 0. The van der Waals surface area contributed by atoms with E-state index in [2.05, 4.69) is 5.73 Å². The summed E-state index contributed by atoms with van der Waals surface area (Å²) in [5.74, 6) is -2.16. The number of nitrogens with two attached hydrogens (primary N) is 1. The molecule has 1 amide bonds. The Balaban J connectivity index is 5.06. The van der Waals surface area contributed by atoms with Crippen LogP contribution in [0.4, 0.5) is 26.3 Å². The number of hydrogen-bond donors (Lipinski definition) is 1. The Morgan fingerprint density at radius 2 is 1.46 bits per heavy atom. The number of carbonyl (C=O) groups excluding carboxylic acids is 1. The van der Waals surface area contributed by atoms with Gasteiger partial charge in [-0.1, -0.05) is 0 Å². The molecule has 76 valence electrons. The minimum atomic E-state index is -5.39. The Morgan fingerprint density at radius 3 is 1.54 bits per heavy atom. The Bertz CT molecular complexity index is 236. The number of carbonyl (C=O) groups is 1. The van der Waals surface area contributed by atoms with Crippen LogP contribution in [0.25, 0.3) is 0 Å². The van der Waals surface area contributed by atoms with Gasteiger partial charge in [0.1, 0.15) is 5.57 Å². The summed E-state index contributed by atoms with van der Waals surface area (Å²) < 4.78 is 69.1. The number of primary amides is 1. The second kappa shape index (κ2) is 3.27. The molecule has 2 nitrogen and oxygen atoms in total. The summed E-state index contributed by atoms with van der Waals surface area (Å²) in [6.07, 6.45) is -11.8. The van der Waals surface area contributed by atoms with Gasteiger partial charge in [-0.3, -0.25) is 4.79 Å². The lowest BCUT2D eigenvalue weighted by molar-refractivity contribution is -0.132. The van der Waals surface area contributed by atoms with Crippen molar-refractivity contribution in [2.75, 3.05) is 0 Å². The van der Waals surface area contributed by atoms with Crippen LogP contribution in [-0.4, -0.2) is 18.3 Å². The van der Waals surface area contributed by atoms with E-state index in [-0.39, 0.29) is 0 Å². The SMILES string of the molecule is NC(=O)C(=CC(F)(F)F)C(F)(F)F. The Hall–Kier alpha value is -1.21. The lowest BCUT2D eigenvalue weighted by Gasteiger charge is -2.08. The average molecular weight is 207 g/mol. The minimum absolute atomic E-state index is 1.17. The predicted octanol–water partition coefficient (Wildman–Crippen LogP) is 1.52. The number of alkyl halides is 6. The zero-order chi connectivity index (χ0) is 10.9. The Labute approximate surface area is 68.0 Å². The third-order valence-corrected chi connectivity index (χ3v) is 0.879. The van der Waals surface area contributed by atoms with Crippen molar-refractivity contribution in [3.8, 4) is 0 Å². The molecule has 0 heterocycles. The molecule has 0 saturated carbocycles. The fourth-order valence-electron chi connectivity index (χ4n) is 0.456. The van der Waals surface area contributed by atoms with Crippen molar-refractivity contribution >= 4 is 5.91 Å². The van der Waals surface area contributed by atoms with Crippen molar-refractivity contribution in [3.63, 3.8) is 0 Å². The first kappa shape index (κ1) is 11.8. The molecule has 0 aliphatic rings. The molecule has 0 fully saturated rings. The highest BCUT2D eigenvalue weighted by atomic mass is 19.4. The number of hydrogen-bond acceptors (Lipinski definition) is 1. The lowest BCUT2D eigenvalue weighted by Crippen LogP contribution is -2.28. The van der Waals surface area contributed by atoms with Gasteiger partial charge in [0.2, 0.25) is 0 Å². The van der Waals surface area contributed by atoms with Crippen LogP contribution in [0.2, 0.25) is 0 Å². The summed E-state index contributed by atoms with van der Waals surface area (Å²) >= 11 is 0. The van der Waals surface area contributed by atoms with Crippen LogP contribution in [0.5, 0.6) is 0 Å². The molecule has 0 bridgehead atoms. The van der Waals surface area contributed by atoms with E-state index in [1.54, 1.807) is 0 Å². The second-order valence-electron chi connectivity index (χ2n) is 1.96. The first-order valence-corrected chi connectivity index (χ1v) is 2.70. The molecule has 0 aliphatic heterocycles. The van der Waals surface area contributed by atoms with Crippen molar-refractivity contribution in [3.05, 3.63) is 11.6 Å². The second-order valence-corrected chi connectivity index (χ2v) is 1.96. The normalized spacial score (nSPS) is 14.5. The predicted molar refractivity (Wildman–Crippen MR) is 29.4 cm³/mol. The van der Waals surface area contributed by atoms with Crippen molar-refractivity contribution in [2.24, 2.45) is 5.73 Å². The van der Waals surface area contributed by atoms with E-state index in [9.17, 15) is 31.1 Å². The molecule has 0 aromatic heterocycles. The average Bonchev–Trinajstić information content (AvgIpc) is 1.77. The Morgan fingerprint density at radius 1 is 1.08 bits per heavy atom. The van der Waals surface area contributed by atoms with Crippen molar-refractivity contribution in [2.45, 2.75) is 12.4 Å². The molecule has 0 atom stereocenters. The van der Waals surface area contributed by atoms with Gasteiger partial charge >= 0.3 is 12.4 Å². The summed E-state index contributed by atoms with van der Waals surface area (Å²) in [5.41, 5.74) is 1.69. The van der Waals surface area contributed by atoms with Gasteiger partial charge in [-0.25, -0.2) is 0 Å². The first-order chi connectivity index (χ1) is 5.54. The highest BCUT2D eigenvalue weighted by Gasteiger charge is 2.41. The molecule has 8 heteroatoms. The fraction of sp³-hybridized carbons (Fsp3) is 0.400. The largest absolute Gasteiger partial charge is 0.421 e. The van der Waals surface area contributed by atoms with Crippen LogP contribution in [0.3, 0.4) is 0 Å². The summed E-state index contributed by atoms with van der Waals surface area (Å²) in [7, 11) is 0. The molecular weight excluding hydrogens is 204 g/mol. The van der Waals surface area contributed by atoms with Gasteiger partial charge in [-0.2, -0.15) is 26.3 Å². The summed E-state index contributed by atoms with van der Waals surface area (Å²) in [4.78, 5) is 9.96. The van der Waals surface area contributed by atoms with Gasteiger partial charge < -0.3 is 5.73 Å². The van der Waals surface area contributed by atoms with Crippen LogP contribution in [0, 0.1) is 0 Å². The fourth-order valence-corrected chi connectivity index (χ4v) is 0.456. The number of allylic oxidation sites excluding steroid dienone is 1. The van der Waals surface area contributed by atoms with Gasteiger partial charge in [0.15, 0.2) is 0 Å². The van der Waals surface area contributed by atoms with Crippen LogP contribution < -0.4 is 5.73 Å². The highest BCUT2D eigenvalue weighted by Crippen LogP contribution is 2.29. The molecule has 2 N–H and O–H groups in total. The maximum atomic E-state index is 11.6. The van der Waals surface area contributed by atoms with E-state index >= 15 is 0 Å². The van der Waals surface area contributed by atoms with E-state index in [1.165, 1.54) is 0 Å². The smallest absolute Gasteiger partial charge is 0.366 e. The molecule has 0 aliphatic carbocycles. The number of amides is 1. The monoisotopic (exact) mass is 207 g/mol. The van der Waals surface area contributed by atoms with Gasteiger partial charge in [0, 0.05) is 6.08 Å². The van der Waals surface area contributed by atoms with Crippen molar-refractivity contribution in [1.29, 1.82) is 0 Å². The third-order valence-electron chi connectivity index (χ3n) is 0.879. The quantitative estimate of drug-likeness (QED) is 0.514. The third kappa shape index (κ3) is 4.38. The minimum Gasteiger partial charge on any atom is -0.366 e. The molecule has 0 unspecified atom stereocenters. The zero-order valence-corrected chi connectivity index (χ0v) is 5.83. The molecule has 0 saturated heterocycles. The number of rotatable bonds is 1. The maximum Gasteiger partial charge on any atom is 0.421 e. The topological polar surface area (TPSA) is 43.1 Å². The van der Waals surface area contributed by atoms with E-state index in [4.69, 9.17) is 0 Å². The van der Waals surface area contributed by atoms with E-state index < -0.39 is 29.9 Å². The van der Waals surface area contributed by atoms with Gasteiger partial charge in [-0.15, -0.1) is 0 Å². The van der Waals surface area contributed by atoms with Crippen LogP contribution in [0.15, 0.2) is 11.6 Å². The van der Waals surface area contributed by atoms with Crippen molar-refractivity contribution < 1.29 is 31.1 Å². The van der Waals surface area contributed by atoms with E-state index in [0.717, 1.165) is 0 Å². The lowest BCUT2D eigenvalue weighted by atomic mass is 10.2. The van der Waals surface area contributed by atoms with Crippen LogP contribution in [0.1, 0.15) is 0 Å². The molecule has 13 heavy (non-hydrogen) atoms. The molecule has 0 spiro atoms. The summed E-state index contributed by atoms with van der Waals surface area (Å²) in [6, 6.07) is 0. The molecule has 0 rings (SSSR count). The number of halogens is 6. The van der Waals surface area contributed by atoms with E-state index in [1.807, 2.05) is 0 Å². The molecule has 0 radical (unpaired) electrons. The molecule has 0 aromatic rings. The van der Waals surface area contributed by atoms with E-state index in [0.29, 0.717) is 0 Å². The van der Waals surface area contributed by atoms with Gasteiger partial charge in [0.25, 0.3) is 5.91 Å². The maximum absolute atomic E-state index is 11.6. The van der Waals surface area contributed by atoms with Crippen LogP contribution >= 0.6 is 0 Å². The van der Waals surface area contributed by atoms with Gasteiger partial charge in [-0.05, 0) is 0 Å². The zero-order valence-electron chi connectivity index (χ0n) is 5.83. The molecular formula is C5H3F6NO. The first-order valence-electron chi connectivity index (χ1n) is 2.70. The molecule has 0 aromatic carbocycles. The van der Waals surface area contributed by atoms with Crippen molar-refractivity contribution in [1.82, 2.24) is 0 Å². The highest BCUT2D eigenvalue weighted by molar-refractivity contribution is 5.93. The Kier molecular flexibility index (Phi) is 2.96.